The van der Waals surface area contributed by atoms with Crippen molar-refractivity contribution in [3.05, 3.63) is 72.1 Å². The predicted octanol–water partition coefficient (Wildman–Crippen LogP) is 2.47. The van der Waals surface area contributed by atoms with E-state index in [1.165, 1.54) is 4.90 Å². The molecule has 15 nitrogen and oxygen atoms in total. The summed E-state index contributed by atoms with van der Waals surface area (Å²) < 4.78 is 0. The largest absolute Gasteiger partial charge is 0.394 e. The highest BCUT2D eigenvalue weighted by atomic mass is 16.3. The third-order valence-corrected chi connectivity index (χ3v) is 14.0. The fraction of sp³-hybridized carbons (Fsp3) is 0.511. The van der Waals surface area contributed by atoms with E-state index in [1.807, 2.05) is 54.7 Å². The van der Waals surface area contributed by atoms with Gasteiger partial charge >= 0.3 is 0 Å². The number of fused-ring (bicyclic) bond motifs is 6. The Labute approximate surface area is 347 Å². The number of aromatic amines is 2. The summed E-state index contributed by atoms with van der Waals surface area (Å²) in [4.78, 5) is 97.5. The molecule has 7 atom stereocenters. The van der Waals surface area contributed by atoms with E-state index in [4.69, 9.17) is 0 Å². The van der Waals surface area contributed by atoms with Crippen molar-refractivity contribution in [2.24, 2.45) is 5.92 Å². The van der Waals surface area contributed by atoms with Gasteiger partial charge in [-0.25, -0.2) is 0 Å². The van der Waals surface area contributed by atoms with Crippen LogP contribution in [-0.4, -0.2) is 115 Å². The Hall–Kier alpha value is -5.70. The van der Waals surface area contributed by atoms with Gasteiger partial charge in [0.25, 0.3) is 0 Å². The summed E-state index contributed by atoms with van der Waals surface area (Å²) in [6, 6.07) is 9.61. The first kappa shape index (κ1) is 39.7. The summed E-state index contributed by atoms with van der Waals surface area (Å²) in [7, 11) is 0. The zero-order chi connectivity index (χ0) is 41.5. The molecule has 5 fully saturated rings. The minimum absolute atomic E-state index is 0.0426. The molecule has 15 heteroatoms. The first-order valence-corrected chi connectivity index (χ1v) is 21.7. The topological polar surface area (TPSA) is 209 Å². The Morgan fingerprint density at radius 3 is 1.92 bits per heavy atom. The number of nitrogens with one attached hydrogen (secondary N) is 6. The first-order valence-electron chi connectivity index (χ1n) is 21.7. The van der Waals surface area contributed by atoms with Crippen molar-refractivity contribution in [2.75, 3.05) is 13.2 Å². The summed E-state index contributed by atoms with van der Waals surface area (Å²) in [5.41, 5.74) is 1.87. The van der Waals surface area contributed by atoms with Crippen LogP contribution in [0.15, 0.2) is 60.9 Å². The average molecular weight is 819 g/mol. The lowest BCUT2D eigenvalue weighted by Gasteiger charge is -2.38. The molecule has 7 N–H and O–H groups in total. The average Bonchev–Trinajstić information content (AvgIpc) is 4.12. The Morgan fingerprint density at radius 2 is 1.25 bits per heavy atom. The molecule has 2 saturated carbocycles. The minimum Gasteiger partial charge on any atom is -0.394 e. The van der Waals surface area contributed by atoms with Crippen molar-refractivity contribution in [1.29, 1.82) is 0 Å². The number of hydrogen-bond donors (Lipinski definition) is 7. The van der Waals surface area contributed by atoms with Crippen LogP contribution in [-0.2, 0) is 41.6 Å². The molecule has 5 heterocycles. The summed E-state index contributed by atoms with van der Waals surface area (Å²) in [5, 5.41) is 24.2. The quantitative estimate of drug-likeness (QED) is 0.160. The zero-order valence-electron chi connectivity index (χ0n) is 33.7. The van der Waals surface area contributed by atoms with Gasteiger partial charge in [0.1, 0.15) is 35.7 Å². The van der Waals surface area contributed by atoms with Gasteiger partial charge in [-0.05, 0) is 74.1 Å². The first-order chi connectivity index (χ1) is 29.1. The van der Waals surface area contributed by atoms with Crippen LogP contribution in [0.1, 0.15) is 81.8 Å². The fourth-order valence-corrected chi connectivity index (χ4v) is 10.9. The molecular weight excluding hydrogens is 765 g/mol. The smallest absolute Gasteiger partial charge is 0.248 e. The van der Waals surface area contributed by atoms with E-state index in [-0.39, 0.29) is 37.3 Å². The van der Waals surface area contributed by atoms with Crippen LogP contribution in [0.3, 0.4) is 0 Å². The highest BCUT2D eigenvalue weighted by Gasteiger charge is 2.52. The van der Waals surface area contributed by atoms with E-state index in [0.29, 0.717) is 44.9 Å². The minimum atomic E-state index is -1.40. The summed E-state index contributed by atoms with van der Waals surface area (Å²) in [6.07, 6.45) is 10.5. The Balaban J connectivity index is 1.11. The molecule has 3 saturated heterocycles. The number of aliphatic hydroxyl groups excluding tert-OH is 1. The van der Waals surface area contributed by atoms with Gasteiger partial charge in [-0.3, -0.25) is 28.8 Å². The number of aliphatic hydroxyl groups is 1. The van der Waals surface area contributed by atoms with Crippen molar-refractivity contribution < 1.29 is 33.9 Å². The third-order valence-electron chi connectivity index (χ3n) is 14.0. The second-order valence-electron chi connectivity index (χ2n) is 17.5. The SMILES string of the molecule is O=C1NC2(CCCC2)C(=O)N[C@@H](Cc2c[nH]c3ccccc23)C(=O)N[C@@H](CO)C(=O)N2CCC[C@@H]2C(=O)N2[C@@H](C[C@@H]3CCCC[C@@H]32)C(=O)N[C@H]1Cc1c[nH]c2ccccc12. The van der Waals surface area contributed by atoms with E-state index >= 15 is 0 Å². The number of amides is 6. The molecule has 3 aliphatic heterocycles. The number of H-pyrrole nitrogens is 2. The van der Waals surface area contributed by atoms with Crippen molar-refractivity contribution in [1.82, 2.24) is 41.0 Å². The van der Waals surface area contributed by atoms with Crippen LogP contribution in [0.4, 0.5) is 0 Å². The van der Waals surface area contributed by atoms with Gasteiger partial charge in [0, 0.05) is 59.6 Å². The maximum atomic E-state index is 14.9. The molecule has 316 valence electrons. The molecule has 60 heavy (non-hydrogen) atoms. The second kappa shape index (κ2) is 16.4. The lowest BCUT2D eigenvalue weighted by Crippen LogP contribution is -2.65. The summed E-state index contributed by atoms with van der Waals surface area (Å²) in [6.45, 7) is -0.488. The highest BCUT2D eigenvalue weighted by Crippen LogP contribution is 2.41. The Morgan fingerprint density at radius 1 is 0.633 bits per heavy atom. The molecule has 2 aromatic carbocycles. The summed E-state index contributed by atoms with van der Waals surface area (Å²) in [5.74, 6) is -3.05. The van der Waals surface area contributed by atoms with Gasteiger partial charge in [0.05, 0.1) is 6.61 Å². The maximum absolute atomic E-state index is 14.9. The normalized spacial score (nSPS) is 29.1. The number of hydrogen-bond acceptors (Lipinski definition) is 7. The van der Waals surface area contributed by atoms with Crippen LogP contribution in [0, 0.1) is 5.92 Å². The standard InChI is InChI=1S/C45H54N8O7/c54-25-35-42(58)52-19-9-16-37(52)43(59)53-36-15-6-1-10-26(36)22-38(53)41(57)48-34(21-28-24-47-32-14-5-3-12-30(28)32)40(56)51-45(17-7-8-18-45)44(60)50-33(39(55)49-35)20-27-23-46-31-13-4-2-11-29(27)31/h2-5,11-14,23-24,26,33-38,46-47,54H,1,6-10,15-22,25H2,(H,48,57)(H,49,55)(H,50,60)(H,51,56)/t26-,33-,34-,35-,36-,37+,38-/m0/s1. The van der Waals surface area contributed by atoms with Gasteiger partial charge < -0.3 is 46.1 Å². The predicted molar refractivity (Wildman–Crippen MR) is 222 cm³/mol. The molecule has 1 spiro atoms. The van der Waals surface area contributed by atoms with E-state index in [2.05, 4.69) is 31.2 Å². The molecule has 2 aliphatic carbocycles. The lowest BCUT2D eigenvalue weighted by atomic mass is 9.84. The zero-order valence-corrected chi connectivity index (χ0v) is 33.7. The number of rotatable bonds is 5. The van der Waals surface area contributed by atoms with Gasteiger partial charge in [-0.2, -0.15) is 0 Å². The molecule has 0 radical (unpaired) electrons. The van der Waals surface area contributed by atoms with Gasteiger partial charge in [-0.1, -0.05) is 62.1 Å². The number of benzene rings is 2. The Bertz CT molecular complexity index is 2310. The van der Waals surface area contributed by atoms with E-state index < -0.39 is 71.9 Å². The molecule has 2 aromatic heterocycles. The number of nitrogens with zero attached hydrogens (tertiary/aromatic N) is 2. The van der Waals surface area contributed by atoms with Crippen molar-refractivity contribution >= 4 is 57.2 Å². The van der Waals surface area contributed by atoms with Gasteiger partial charge in [0.15, 0.2) is 0 Å². The molecular formula is C45H54N8O7. The number of aromatic nitrogens is 2. The molecule has 4 aromatic rings. The van der Waals surface area contributed by atoms with Crippen molar-refractivity contribution in [3.63, 3.8) is 0 Å². The van der Waals surface area contributed by atoms with Crippen LogP contribution in [0.25, 0.3) is 21.8 Å². The molecule has 6 amide bonds. The summed E-state index contributed by atoms with van der Waals surface area (Å²) >= 11 is 0. The highest BCUT2D eigenvalue weighted by molar-refractivity contribution is 6.00. The number of para-hydroxylation sites is 2. The molecule has 5 aliphatic rings. The molecule has 0 bridgehead atoms. The van der Waals surface area contributed by atoms with Crippen LogP contribution < -0.4 is 21.3 Å². The van der Waals surface area contributed by atoms with Crippen molar-refractivity contribution in [3.8, 4) is 0 Å². The van der Waals surface area contributed by atoms with Gasteiger partial charge in [0.2, 0.25) is 35.4 Å². The number of carbonyl (C=O) groups is 6. The number of carbonyl (C=O) groups excluding carboxylic acids is 6. The monoisotopic (exact) mass is 818 g/mol. The fourth-order valence-electron chi connectivity index (χ4n) is 10.9. The van der Waals surface area contributed by atoms with Crippen LogP contribution in [0.2, 0.25) is 0 Å². The van der Waals surface area contributed by atoms with Crippen LogP contribution in [0.5, 0.6) is 0 Å². The Kier molecular flexibility index (Phi) is 10.9. The maximum Gasteiger partial charge on any atom is 0.248 e. The van der Waals surface area contributed by atoms with Crippen LogP contribution >= 0.6 is 0 Å². The van der Waals surface area contributed by atoms with E-state index in [0.717, 1.165) is 58.6 Å². The van der Waals surface area contributed by atoms with Gasteiger partial charge in [-0.15, -0.1) is 0 Å². The van der Waals surface area contributed by atoms with Crippen molar-refractivity contribution in [2.45, 2.75) is 125 Å². The molecule has 0 unspecified atom stereocenters. The second-order valence-corrected chi connectivity index (χ2v) is 17.5. The van der Waals surface area contributed by atoms with E-state index in [1.54, 1.807) is 11.1 Å². The van der Waals surface area contributed by atoms with E-state index in [9.17, 15) is 33.9 Å². The third kappa shape index (κ3) is 7.30. The molecule has 9 rings (SSSR count). The lowest BCUT2D eigenvalue weighted by molar-refractivity contribution is -0.150.